The highest BCUT2D eigenvalue weighted by Crippen LogP contribution is 2.24. The molecule has 1 aromatic heterocycles. The van der Waals surface area contributed by atoms with Crippen LogP contribution in [0.1, 0.15) is 11.3 Å². The van der Waals surface area contributed by atoms with Crippen molar-refractivity contribution in [1.82, 2.24) is 4.57 Å². The Bertz CT molecular complexity index is 512. The maximum atomic E-state index is 5.34. The van der Waals surface area contributed by atoms with Crippen molar-refractivity contribution in [1.29, 1.82) is 0 Å². The third-order valence-electron chi connectivity index (χ3n) is 2.61. The van der Waals surface area contributed by atoms with Crippen LogP contribution in [0, 0.1) is 26.2 Å². The smallest absolute Gasteiger partial charge is 0.0837 e. The van der Waals surface area contributed by atoms with E-state index in [2.05, 4.69) is 36.5 Å². The molecule has 0 N–H and O–H groups in total. The van der Waals surface area contributed by atoms with E-state index in [0.29, 0.717) is 6.54 Å². The number of rotatable bonds is 1. The van der Waals surface area contributed by atoms with Crippen LogP contribution in [0.2, 0.25) is 0 Å². The zero-order valence-electron chi connectivity index (χ0n) is 8.25. The topological polar surface area (TPSA) is 4.93 Å². The maximum Gasteiger partial charge on any atom is 0.0837 e. The fraction of sp³-hybridized carbons (Fsp3) is 0.154. The Morgan fingerprint density at radius 2 is 2.14 bits per heavy atom. The number of aromatic nitrogens is 1. The summed E-state index contributed by atoms with van der Waals surface area (Å²) in [5.74, 6) is 2.67. The van der Waals surface area contributed by atoms with Gasteiger partial charge in [0.15, 0.2) is 0 Å². The number of hydrogen-bond donors (Lipinski definition) is 0. The molecule has 0 atom stereocenters. The van der Waals surface area contributed by atoms with Gasteiger partial charge in [0.1, 0.15) is 0 Å². The Kier molecular flexibility index (Phi) is 2.05. The summed E-state index contributed by atoms with van der Waals surface area (Å²) in [5.41, 5.74) is 3.41. The fourth-order valence-electron chi connectivity index (χ4n) is 1.80. The normalized spacial score (nSPS) is 10.4. The van der Waals surface area contributed by atoms with E-state index >= 15 is 0 Å². The predicted octanol–water partition coefficient (Wildman–Crippen LogP) is 2.77. The molecular weight excluding hydrogens is 170 g/mol. The molecular formula is C13H12N. The molecule has 0 fully saturated rings. The van der Waals surface area contributed by atoms with Gasteiger partial charge in [0, 0.05) is 16.6 Å². The van der Waals surface area contributed by atoms with Gasteiger partial charge in [-0.1, -0.05) is 24.1 Å². The van der Waals surface area contributed by atoms with E-state index in [0.717, 1.165) is 11.3 Å². The lowest BCUT2D eigenvalue weighted by Gasteiger charge is -2.02. The van der Waals surface area contributed by atoms with Crippen LogP contribution in [0.5, 0.6) is 0 Å². The van der Waals surface area contributed by atoms with Crippen molar-refractivity contribution in [2.45, 2.75) is 13.5 Å². The molecule has 0 aliphatic rings. The minimum atomic E-state index is 0.613. The van der Waals surface area contributed by atoms with E-state index in [4.69, 9.17) is 6.42 Å². The third kappa shape index (κ3) is 1.12. The summed E-state index contributed by atoms with van der Waals surface area (Å²) in [7, 11) is 0. The summed E-state index contributed by atoms with van der Waals surface area (Å²) in [6, 6.07) is 8.21. The van der Waals surface area contributed by atoms with E-state index in [1.807, 2.05) is 12.1 Å². The van der Waals surface area contributed by atoms with Crippen LogP contribution >= 0.6 is 0 Å². The lowest BCUT2D eigenvalue weighted by atomic mass is 10.2. The van der Waals surface area contributed by atoms with Gasteiger partial charge in [0.2, 0.25) is 0 Å². The van der Waals surface area contributed by atoms with Crippen molar-refractivity contribution < 1.29 is 0 Å². The van der Waals surface area contributed by atoms with Crippen molar-refractivity contribution in [2.24, 2.45) is 0 Å². The maximum absolute atomic E-state index is 5.34. The van der Waals surface area contributed by atoms with Crippen molar-refractivity contribution in [3.05, 3.63) is 42.4 Å². The van der Waals surface area contributed by atoms with E-state index in [1.165, 1.54) is 10.9 Å². The summed E-state index contributed by atoms with van der Waals surface area (Å²) in [6.07, 6.45) is 5.34. The predicted molar refractivity (Wildman–Crippen MR) is 60.0 cm³/mol. The van der Waals surface area contributed by atoms with E-state index in [1.54, 1.807) is 0 Å². The van der Waals surface area contributed by atoms with Gasteiger partial charge in [-0.15, -0.1) is 6.42 Å². The van der Waals surface area contributed by atoms with Crippen molar-refractivity contribution in [3.63, 3.8) is 0 Å². The molecule has 0 aliphatic heterocycles. The average Bonchev–Trinajstić information content (AvgIpc) is 2.45. The van der Waals surface area contributed by atoms with Gasteiger partial charge in [-0.25, -0.2) is 0 Å². The molecule has 1 heteroatoms. The summed E-state index contributed by atoms with van der Waals surface area (Å²) in [4.78, 5) is 0. The Morgan fingerprint density at radius 1 is 1.43 bits per heavy atom. The van der Waals surface area contributed by atoms with Crippen LogP contribution in [-0.4, -0.2) is 4.57 Å². The molecule has 1 nitrogen and oxygen atoms in total. The highest BCUT2D eigenvalue weighted by molar-refractivity contribution is 5.86. The van der Waals surface area contributed by atoms with Gasteiger partial charge in [0.25, 0.3) is 0 Å². The Morgan fingerprint density at radius 3 is 2.86 bits per heavy atom. The van der Waals surface area contributed by atoms with Crippen molar-refractivity contribution in [2.75, 3.05) is 0 Å². The second-order valence-corrected chi connectivity index (χ2v) is 3.37. The molecule has 1 heterocycles. The van der Waals surface area contributed by atoms with E-state index in [9.17, 15) is 0 Å². The second kappa shape index (κ2) is 3.23. The summed E-state index contributed by atoms with van der Waals surface area (Å²) >= 11 is 0. The van der Waals surface area contributed by atoms with Gasteiger partial charge >= 0.3 is 0 Å². The summed E-state index contributed by atoms with van der Waals surface area (Å²) in [5, 5.41) is 1.19. The molecule has 0 saturated carbocycles. The van der Waals surface area contributed by atoms with Gasteiger partial charge in [-0.3, -0.25) is 0 Å². The summed E-state index contributed by atoms with van der Waals surface area (Å²) < 4.78 is 2.12. The first-order chi connectivity index (χ1) is 6.75. The lowest BCUT2D eigenvalue weighted by Crippen LogP contribution is -1.97. The first-order valence-electron chi connectivity index (χ1n) is 4.59. The fourth-order valence-corrected chi connectivity index (χ4v) is 1.80. The molecule has 2 rings (SSSR count). The molecule has 1 radical (unpaired) electrons. The van der Waals surface area contributed by atoms with E-state index < -0.39 is 0 Å². The Hall–Kier alpha value is -1.68. The number of nitrogens with zero attached hydrogens (tertiary/aromatic N) is 1. The standard InChI is InChI=1S/C13H12N/c1-4-9-14-11(3)10(2)12-7-5-6-8-13(12)14/h1,5-8H,2,9H2,3H3. The molecule has 0 amide bonds. The number of hydrogen-bond acceptors (Lipinski definition) is 0. The van der Waals surface area contributed by atoms with Crippen LogP contribution in [-0.2, 0) is 6.54 Å². The quantitative estimate of drug-likeness (QED) is 0.598. The lowest BCUT2D eigenvalue weighted by molar-refractivity contribution is 0.845. The largest absolute Gasteiger partial charge is 0.333 e. The van der Waals surface area contributed by atoms with Crippen LogP contribution in [0.15, 0.2) is 24.3 Å². The zero-order valence-corrected chi connectivity index (χ0v) is 8.25. The highest BCUT2D eigenvalue weighted by atomic mass is 15.0. The van der Waals surface area contributed by atoms with Crippen LogP contribution in [0.25, 0.3) is 10.9 Å². The number of para-hydroxylation sites is 1. The second-order valence-electron chi connectivity index (χ2n) is 3.37. The van der Waals surface area contributed by atoms with Crippen LogP contribution in [0.4, 0.5) is 0 Å². The molecule has 69 valence electrons. The Balaban J connectivity index is 2.82. The minimum Gasteiger partial charge on any atom is -0.333 e. The third-order valence-corrected chi connectivity index (χ3v) is 2.61. The molecule has 0 bridgehead atoms. The van der Waals surface area contributed by atoms with Gasteiger partial charge < -0.3 is 4.57 Å². The number of fused-ring (bicyclic) bond motifs is 1. The summed E-state index contributed by atoms with van der Waals surface area (Å²) in [6.45, 7) is 6.73. The number of terminal acetylenes is 1. The first kappa shape index (κ1) is 8.90. The van der Waals surface area contributed by atoms with Gasteiger partial charge in [0.05, 0.1) is 6.54 Å². The average molecular weight is 182 g/mol. The van der Waals surface area contributed by atoms with Crippen molar-refractivity contribution >= 4 is 10.9 Å². The molecule has 14 heavy (non-hydrogen) atoms. The first-order valence-corrected chi connectivity index (χ1v) is 4.59. The van der Waals surface area contributed by atoms with Crippen LogP contribution < -0.4 is 0 Å². The van der Waals surface area contributed by atoms with Gasteiger partial charge in [-0.2, -0.15) is 0 Å². The minimum absolute atomic E-state index is 0.613. The monoisotopic (exact) mass is 182 g/mol. The molecule has 0 spiro atoms. The molecule has 0 aliphatic carbocycles. The van der Waals surface area contributed by atoms with Crippen molar-refractivity contribution in [3.8, 4) is 12.3 Å². The molecule has 2 aromatic rings. The zero-order chi connectivity index (χ0) is 10.1. The molecule has 0 unspecified atom stereocenters. The van der Waals surface area contributed by atoms with E-state index in [-0.39, 0.29) is 0 Å². The highest BCUT2D eigenvalue weighted by Gasteiger charge is 2.08. The number of benzene rings is 1. The van der Waals surface area contributed by atoms with Gasteiger partial charge in [-0.05, 0) is 25.5 Å². The SMILES string of the molecule is C#CCn1c(C)c([CH2])c2ccccc21. The molecule has 1 aromatic carbocycles. The Labute approximate surface area is 84.4 Å². The molecule has 0 saturated heterocycles. The van der Waals surface area contributed by atoms with Crippen LogP contribution in [0.3, 0.4) is 0 Å².